The van der Waals surface area contributed by atoms with Crippen LogP contribution < -0.4 is 10.1 Å². The lowest BCUT2D eigenvalue weighted by atomic mass is 9.87. The standard InChI is InChI=1S/C20H33N3O4S/c1-20(2,3)17-8-10-18(11-9-17)27-14-12-21-19(24)16-7-6-13-23(15-16)28(25,26)22(4)5/h8-11,16H,6-7,12-15H2,1-5H3,(H,21,24)/t16-/m0/s1. The molecule has 2 rings (SSSR count). The number of hydrogen-bond acceptors (Lipinski definition) is 4. The lowest BCUT2D eigenvalue weighted by molar-refractivity contribution is -0.126. The van der Waals surface area contributed by atoms with E-state index in [-0.39, 0.29) is 23.8 Å². The van der Waals surface area contributed by atoms with E-state index in [0.717, 1.165) is 5.75 Å². The molecule has 8 heteroatoms. The number of piperidine rings is 1. The van der Waals surface area contributed by atoms with Gasteiger partial charge in [-0.2, -0.15) is 17.0 Å². The van der Waals surface area contributed by atoms with Gasteiger partial charge in [0.1, 0.15) is 12.4 Å². The highest BCUT2D eigenvalue weighted by molar-refractivity contribution is 7.86. The molecule has 1 atom stereocenters. The highest BCUT2D eigenvalue weighted by Crippen LogP contribution is 2.24. The van der Waals surface area contributed by atoms with Crippen molar-refractivity contribution >= 4 is 16.1 Å². The van der Waals surface area contributed by atoms with E-state index in [1.807, 2.05) is 12.1 Å². The average molecular weight is 412 g/mol. The van der Waals surface area contributed by atoms with Crippen molar-refractivity contribution in [2.24, 2.45) is 5.92 Å². The number of amides is 1. The fraction of sp³-hybridized carbons (Fsp3) is 0.650. The van der Waals surface area contributed by atoms with Gasteiger partial charge in [0.15, 0.2) is 0 Å². The molecule has 1 aromatic rings. The molecule has 1 fully saturated rings. The maximum absolute atomic E-state index is 12.4. The van der Waals surface area contributed by atoms with Crippen LogP contribution in [-0.4, -0.2) is 63.3 Å². The number of carbonyl (C=O) groups excluding carboxylic acids is 1. The Hall–Kier alpha value is -1.64. The van der Waals surface area contributed by atoms with Gasteiger partial charge in [0.05, 0.1) is 12.5 Å². The van der Waals surface area contributed by atoms with E-state index < -0.39 is 10.2 Å². The van der Waals surface area contributed by atoms with E-state index in [4.69, 9.17) is 4.74 Å². The molecule has 28 heavy (non-hydrogen) atoms. The summed E-state index contributed by atoms with van der Waals surface area (Å²) in [6.45, 7) is 7.92. The number of nitrogens with zero attached hydrogens (tertiary/aromatic N) is 2. The van der Waals surface area contributed by atoms with Gasteiger partial charge in [-0.25, -0.2) is 0 Å². The van der Waals surface area contributed by atoms with E-state index in [1.165, 1.54) is 28.3 Å². The first-order chi connectivity index (χ1) is 13.0. The normalized spacial score (nSPS) is 18.9. The third-order valence-electron chi connectivity index (χ3n) is 4.93. The summed E-state index contributed by atoms with van der Waals surface area (Å²) in [6, 6.07) is 7.98. The molecule has 158 valence electrons. The van der Waals surface area contributed by atoms with E-state index in [1.54, 1.807) is 0 Å². The molecule has 0 radical (unpaired) electrons. The zero-order valence-electron chi connectivity index (χ0n) is 17.6. The van der Waals surface area contributed by atoms with E-state index in [2.05, 4.69) is 38.2 Å². The van der Waals surface area contributed by atoms with Gasteiger partial charge < -0.3 is 10.1 Å². The molecule has 0 aliphatic carbocycles. The van der Waals surface area contributed by atoms with Gasteiger partial charge in [-0.1, -0.05) is 32.9 Å². The Kier molecular flexibility index (Phi) is 7.47. The lowest BCUT2D eigenvalue weighted by Crippen LogP contribution is -2.49. The first kappa shape index (κ1) is 22.6. The molecule has 1 aliphatic rings. The fourth-order valence-corrected chi connectivity index (χ4v) is 4.33. The van der Waals surface area contributed by atoms with Crippen molar-refractivity contribution in [3.05, 3.63) is 29.8 Å². The van der Waals surface area contributed by atoms with Crippen LogP contribution in [0.3, 0.4) is 0 Å². The van der Waals surface area contributed by atoms with Gasteiger partial charge in [-0.3, -0.25) is 4.79 Å². The van der Waals surface area contributed by atoms with Crippen LogP contribution in [0.15, 0.2) is 24.3 Å². The molecule has 0 saturated carbocycles. The van der Waals surface area contributed by atoms with Crippen molar-refractivity contribution in [2.75, 3.05) is 40.3 Å². The van der Waals surface area contributed by atoms with Crippen molar-refractivity contribution in [3.8, 4) is 5.75 Å². The molecule has 0 unspecified atom stereocenters. The lowest BCUT2D eigenvalue weighted by Gasteiger charge is -2.32. The molecular weight excluding hydrogens is 378 g/mol. The van der Waals surface area contributed by atoms with Gasteiger partial charge >= 0.3 is 0 Å². The van der Waals surface area contributed by atoms with Crippen LogP contribution in [0.25, 0.3) is 0 Å². The fourth-order valence-electron chi connectivity index (χ4n) is 3.14. The van der Waals surface area contributed by atoms with Crippen LogP contribution in [0.5, 0.6) is 5.75 Å². The summed E-state index contributed by atoms with van der Waals surface area (Å²) in [6.07, 6.45) is 1.38. The second-order valence-corrected chi connectivity index (χ2v) is 10.5. The van der Waals surface area contributed by atoms with Gasteiger partial charge in [0, 0.05) is 27.2 Å². The van der Waals surface area contributed by atoms with Crippen LogP contribution in [0.2, 0.25) is 0 Å². The highest BCUT2D eigenvalue weighted by atomic mass is 32.2. The van der Waals surface area contributed by atoms with E-state index >= 15 is 0 Å². The predicted octanol–water partition coefficient (Wildman–Crippen LogP) is 2.00. The molecule has 1 saturated heterocycles. The van der Waals surface area contributed by atoms with Crippen LogP contribution in [-0.2, 0) is 20.4 Å². The van der Waals surface area contributed by atoms with Gasteiger partial charge in [-0.15, -0.1) is 0 Å². The zero-order chi connectivity index (χ0) is 20.9. The Bertz CT molecular complexity index is 755. The minimum atomic E-state index is -3.48. The number of ether oxygens (including phenoxy) is 1. The van der Waals surface area contributed by atoms with Crippen molar-refractivity contribution in [1.29, 1.82) is 0 Å². The molecule has 7 nitrogen and oxygen atoms in total. The van der Waals surface area contributed by atoms with Gasteiger partial charge in [0.2, 0.25) is 5.91 Å². The maximum atomic E-state index is 12.4. The Balaban J connectivity index is 1.78. The Labute approximate surface area is 169 Å². The minimum absolute atomic E-state index is 0.0977. The van der Waals surface area contributed by atoms with Crippen LogP contribution in [0.4, 0.5) is 0 Å². The topological polar surface area (TPSA) is 79.0 Å². The number of hydrogen-bond donors (Lipinski definition) is 1. The molecule has 1 aromatic carbocycles. The molecule has 1 N–H and O–H groups in total. The summed E-state index contributed by atoms with van der Waals surface area (Å²) in [5.74, 6) is 0.322. The first-order valence-electron chi connectivity index (χ1n) is 9.70. The van der Waals surface area contributed by atoms with Crippen LogP contribution in [0, 0.1) is 5.92 Å². The Morgan fingerprint density at radius 1 is 1.25 bits per heavy atom. The molecule has 0 aromatic heterocycles. The van der Waals surface area contributed by atoms with Crippen molar-refractivity contribution in [2.45, 2.75) is 39.0 Å². The molecule has 0 bridgehead atoms. The monoisotopic (exact) mass is 411 g/mol. The van der Waals surface area contributed by atoms with Gasteiger partial charge in [0.25, 0.3) is 10.2 Å². The smallest absolute Gasteiger partial charge is 0.281 e. The Morgan fingerprint density at radius 2 is 1.89 bits per heavy atom. The van der Waals surface area contributed by atoms with Gasteiger partial charge in [-0.05, 0) is 36.0 Å². The minimum Gasteiger partial charge on any atom is -0.492 e. The molecule has 1 heterocycles. The average Bonchev–Trinajstić information content (AvgIpc) is 2.64. The molecular formula is C20H33N3O4S. The summed E-state index contributed by atoms with van der Waals surface area (Å²) in [4.78, 5) is 12.4. The SMILES string of the molecule is CN(C)S(=O)(=O)N1CCC[C@H](C(=O)NCCOc2ccc(C(C)(C)C)cc2)C1. The summed E-state index contributed by atoms with van der Waals surface area (Å²) in [5, 5.41) is 2.86. The van der Waals surface area contributed by atoms with Crippen molar-refractivity contribution < 1.29 is 17.9 Å². The summed E-state index contributed by atoms with van der Waals surface area (Å²) < 4.78 is 32.8. The second-order valence-electron chi connectivity index (χ2n) is 8.40. The third kappa shape index (κ3) is 5.93. The summed E-state index contributed by atoms with van der Waals surface area (Å²) in [7, 11) is -0.471. The zero-order valence-corrected chi connectivity index (χ0v) is 18.4. The van der Waals surface area contributed by atoms with E-state index in [0.29, 0.717) is 32.5 Å². The maximum Gasteiger partial charge on any atom is 0.281 e. The number of nitrogens with one attached hydrogen (secondary N) is 1. The van der Waals surface area contributed by atoms with E-state index in [9.17, 15) is 13.2 Å². The molecule has 1 amide bonds. The van der Waals surface area contributed by atoms with Crippen molar-refractivity contribution in [3.63, 3.8) is 0 Å². The predicted molar refractivity (Wildman–Crippen MR) is 111 cm³/mol. The first-order valence-corrected chi connectivity index (χ1v) is 11.1. The van der Waals surface area contributed by atoms with Crippen LogP contribution >= 0.6 is 0 Å². The summed E-state index contributed by atoms with van der Waals surface area (Å²) in [5.41, 5.74) is 1.34. The Morgan fingerprint density at radius 3 is 2.46 bits per heavy atom. The molecule has 1 aliphatic heterocycles. The van der Waals surface area contributed by atoms with Crippen LogP contribution in [0.1, 0.15) is 39.2 Å². The largest absolute Gasteiger partial charge is 0.492 e. The number of benzene rings is 1. The highest BCUT2D eigenvalue weighted by Gasteiger charge is 2.33. The number of rotatable bonds is 7. The quantitative estimate of drug-likeness (QED) is 0.696. The van der Waals surface area contributed by atoms with Crippen molar-refractivity contribution in [1.82, 2.24) is 13.9 Å². The molecule has 0 spiro atoms. The number of carbonyl (C=O) groups is 1. The third-order valence-corrected chi connectivity index (χ3v) is 6.84. The second kappa shape index (κ2) is 9.24. The summed E-state index contributed by atoms with van der Waals surface area (Å²) >= 11 is 0.